The molecule has 2 rings (SSSR count). The molecule has 0 radical (unpaired) electrons. The number of anilines is 1. The van der Waals surface area contributed by atoms with E-state index in [1.54, 1.807) is 0 Å². The monoisotopic (exact) mass is 349 g/mol. The lowest BCUT2D eigenvalue weighted by atomic mass is 9.58. The number of rotatable bonds is 2. The van der Waals surface area contributed by atoms with Gasteiger partial charge in [-0.1, -0.05) is 59.8 Å². The molecule has 0 aliphatic heterocycles. The third kappa shape index (κ3) is 3.33. The predicted molar refractivity (Wildman–Crippen MR) is 112 cm³/mol. The maximum Gasteiger partial charge on any atom is 0.122 e. The first-order valence-corrected chi connectivity index (χ1v) is 9.07. The van der Waals surface area contributed by atoms with E-state index in [0.29, 0.717) is 5.71 Å². The van der Waals surface area contributed by atoms with Crippen molar-refractivity contribution in [2.24, 2.45) is 16.2 Å². The van der Waals surface area contributed by atoms with Gasteiger partial charge in [-0.2, -0.15) is 5.26 Å². The van der Waals surface area contributed by atoms with Crippen molar-refractivity contribution in [2.75, 3.05) is 19.0 Å². The summed E-state index contributed by atoms with van der Waals surface area (Å²) in [7, 11) is 4.04. The van der Waals surface area contributed by atoms with E-state index in [1.165, 1.54) is 0 Å². The van der Waals surface area contributed by atoms with Gasteiger partial charge in [0, 0.05) is 19.8 Å². The minimum Gasteiger partial charge on any atom is -0.378 e. The zero-order valence-corrected chi connectivity index (χ0v) is 17.4. The first-order valence-electron chi connectivity index (χ1n) is 9.07. The molecule has 1 aliphatic carbocycles. The summed E-state index contributed by atoms with van der Waals surface area (Å²) >= 11 is 0. The molecule has 1 unspecified atom stereocenters. The van der Waals surface area contributed by atoms with Crippen LogP contribution in [0.15, 0.2) is 42.0 Å². The van der Waals surface area contributed by atoms with E-state index in [4.69, 9.17) is 5.41 Å². The molecule has 138 valence electrons. The van der Waals surface area contributed by atoms with Crippen LogP contribution in [0.4, 0.5) is 5.69 Å². The van der Waals surface area contributed by atoms with Crippen molar-refractivity contribution in [3.8, 4) is 6.07 Å². The van der Waals surface area contributed by atoms with E-state index in [0.717, 1.165) is 22.4 Å². The van der Waals surface area contributed by atoms with Crippen LogP contribution >= 0.6 is 0 Å². The molecule has 1 aliphatic rings. The lowest BCUT2D eigenvalue weighted by Crippen LogP contribution is -2.44. The fourth-order valence-electron chi connectivity index (χ4n) is 3.34. The molecule has 1 atom stereocenters. The maximum atomic E-state index is 10.1. The van der Waals surface area contributed by atoms with Crippen LogP contribution in [0.1, 0.15) is 47.1 Å². The Hall–Kier alpha value is -2.34. The van der Waals surface area contributed by atoms with Crippen molar-refractivity contribution in [1.29, 1.82) is 10.7 Å². The van der Waals surface area contributed by atoms with Crippen molar-refractivity contribution in [1.82, 2.24) is 0 Å². The summed E-state index contributed by atoms with van der Waals surface area (Å²) in [5.41, 5.74) is 3.07. The van der Waals surface area contributed by atoms with Crippen LogP contribution in [-0.2, 0) is 0 Å². The molecule has 0 bridgehead atoms. The molecule has 0 fully saturated rings. The highest BCUT2D eigenvalue weighted by atomic mass is 15.1. The van der Waals surface area contributed by atoms with E-state index < -0.39 is 5.41 Å². The Bertz CT molecular complexity index is 803. The highest BCUT2D eigenvalue weighted by Crippen LogP contribution is 2.49. The Kier molecular flexibility index (Phi) is 4.94. The molecule has 0 heterocycles. The molecule has 0 saturated heterocycles. The van der Waals surface area contributed by atoms with Gasteiger partial charge in [0.05, 0.1) is 11.8 Å². The first kappa shape index (κ1) is 20.0. The average molecular weight is 350 g/mol. The van der Waals surface area contributed by atoms with E-state index in [2.05, 4.69) is 62.1 Å². The first-order chi connectivity index (χ1) is 11.8. The molecule has 0 amide bonds. The second-order valence-corrected chi connectivity index (χ2v) is 9.39. The number of benzene rings is 1. The van der Waals surface area contributed by atoms with Gasteiger partial charge in [0.15, 0.2) is 0 Å². The van der Waals surface area contributed by atoms with Crippen molar-refractivity contribution in [3.05, 3.63) is 47.6 Å². The minimum absolute atomic E-state index is 0.201. The van der Waals surface area contributed by atoms with Gasteiger partial charge in [0.2, 0.25) is 0 Å². The van der Waals surface area contributed by atoms with Gasteiger partial charge in [0.25, 0.3) is 0 Å². The van der Waals surface area contributed by atoms with Gasteiger partial charge in [0.1, 0.15) is 5.41 Å². The molecule has 3 heteroatoms. The summed E-state index contributed by atoms with van der Waals surface area (Å²) in [5, 5.41) is 19.0. The molecule has 1 aromatic carbocycles. The van der Waals surface area contributed by atoms with Crippen LogP contribution < -0.4 is 4.90 Å². The van der Waals surface area contributed by atoms with Crippen LogP contribution in [0, 0.1) is 33.0 Å². The van der Waals surface area contributed by atoms with Crippen molar-refractivity contribution >= 4 is 17.0 Å². The quantitative estimate of drug-likeness (QED) is 0.745. The minimum atomic E-state index is -0.945. The van der Waals surface area contributed by atoms with E-state index >= 15 is 0 Å². The van der Waals surface area contributed by atoms with Crippen LogP contribution in [0.2, 0.25) is 0 Å². The lowest BCUT2D eigenvalue weighted by molar-refractivity contribution is 0.287. The third-order valence-corrected chi connectivity index (χ3v) is 5.22. The maximum absolute atomic E-state index is 10.1. The number of hydrogen-bond donors (Lipinski definition) is 1. The molecule has 1 aromatic rings. The van der Waals surface area contributed by atoms with Gasteiger partial charge < -0.3 is 10.3 Å². The second kappa shape index (κ2) is 6.43. The van der Waals surface area contributed by atoms with Gasteiger partial charge in [-0.05, 0) is 45.7 Å². The lowest BCUT2D eigenvalue weighted by Gasteiger charge is -2.43. The van der Waals surface area contributed by atoms with Crippen LogP contribution in [0.25, 0.3) is 5.57 Å². The van der Waals surface area contributed by atoms with Gasteiger partial charge in [-0.25, -0.2) is 0 Å². The number of nitriles is 1. The Morgan fingerprint density at radius 2 is 1.54 bits per heavy atom. The van der Waals surface area contributed by atoms with Gasteiger partial charge >= 0.3 is 0 Å². The van der Waals surface area contributed by atoms with E-state index in [1.807, 2.05) is 40.9 Å². The van der Waals surface area contributed by atoms with E-state index in [9.17, 15) is 5.26 Å². The molecule has 26 heavy (non-hydrogen) atoms. The molecular formula is C23H31N3. The average Bonchev–Trinajstić information content (AvgIpc) is 2.53. The summed E-state index contributed by atoms with van der Waals surface area (Å²) in [6.07, 6.45) is 4.09. The summed E-state index contributed by atoms with van der Waals surface area (Å²) in [4.78, 5) is 2.07. The zero-order valence-electron chi connectivity index (χ0n) is 17.4. The molecule has 1 N–H and O–H groups in total. The largest absolute Gasteiger partial charge is 0.378 e. The topological polar surface area (TPSA) is 50.9 Å². The summed E-state index contributed by atoms with van der Waals surface area (Å²) < 4.78 is 0. The molecule has 0 saturated carbocycles. The molecule has 0 aromatic heterocycles. The molecule has 0 spiro atoms. The smallest absolute Gasteiger partial charge is 0.122 e. The summed E-state index contributed by atoms with van der Waals surface area (Å²) in [6, 6.07) is 10.9. The fraction of sp³-hybridized carbons (Fsp3) is 0.478. The Balaban J connectivity index is 2.71. The SMILES string of the molecule is CN(C)c1ccc(C2=CC(C#N)(C(C)(C)C)C(=N)C(C(C)(C)C)=C2)cc1. The third-order valence-electron chi connectivity index (χ3n) is 5.22. The normalized spacial score (nSPS) is 21.0. The predicted octanol–water partition coefficient (Wildman–Crippen LogP) is 5.70. The van der Waals surface area contributed by atoms with Crippen LogP contribution in [0.3, 0.4) is 0 Å². The highest BCUT2D eigenvalue weighted by molar-refractivity contribution is 6.11. The Morgan fingerprint density at radius 1 is 1.00 bits per heavy atom. The van der Waals surface area contributed by atoms with E-state index in [-0.39, 0.29) is 10.8 Å². The Morgan fingerprint density at radius 3 is 1.92 bits per heavy atom. The van der Waals surface area contributed by atoms with Gasteiger partial charge in [-0.3, -0.25) is 0 Å². The summed E-state index contributed by atoms with van der Waals surface area (Å²) in [5.74, 6) is 0. The zero-order chi connectivity index (χ0) is 19.9. The second-order valence-electron chi connectivity index (χ2n) is 9.39. The van der Waals surface area contributed by atoms with Crippen LogP contribution in [0.5, 0.6) is 0 Å². The van der Waals surface area contributed by atoms with Crippen molar-refractivity contribution in [2.45, 2.75) is 41.5 Å². The van der Waals surface area contributed by atoms with Crippen molar-refractivity contribution < 1.29 is 0 Å². The molecule has 3 nitrogen and oxygen atoms in total. The van der Waals surface area contributed by atoms with Crippen LogP contribution in [-0.4, -0.2) is 19.8 Å². The highest BCUT2D eigenvalue weighted by Gasteiger charge is 2.49. The number of nitrogens with one attached hydrogen (secondary N) is 1. The van der Waals surface area contributed by atoms with Gasteiger partial charge in [-0.15, -0.1) is 0 Å². The Labute approximate surface area is 158 Å². The standard InChI is InChI=1S/C23H31N3/c1-21(2,3)19-13-17(16-9-11-18(12-10-16)26(7)8)14-23(15-24,20(19)25)22(4,5)6/h9-14,25H,1-8H3. The molecular weight excluding hydrogens is 318 g/mol. The summed E-state index contributed by atoms with van der Waals surface area (Å²) in [6.45, 7) is 12.4. The number of hydrogen-bond acceptors (Lipinski definition) is 3. The van der Waals surface area contributed by atoms with Crippen molar-refractivity contribution in [3.63, 3.8) is 0 Å². The number of nitrogens with zero attached hydrogens (tertiary/aromatic N) is 2. The number of allylic oxidation sites excluding steroid dienone is 4. The fourth-order valence-corrected chi connectivity index (χ4v) is 3.34.